The summed E-state index contributed by atoms with van der Waals surface area (Å²) in [4.78, 5) is 11.8. The summed E-state index contributed by atoms with van der Waals surface area (Å²) < 4.78 is 18.4. The molecule has 5 heteroatoms. The third kappa shape index (κ3) is 4.29. The number of phenols is 1. The maximum Gasteiger partial charge on any atom is 0.323 e. The quantitative estimate of drug-likeness (QED) is 0.827. The van der Waals surface area contributed by atoms with Gasteiger partial charge in [0.1, 0.15) is 24.2 Å². The Bertz CT molecular complexity index is 613. The van der Waals surface area contributed by atoms with Gasteiger partial charge in [-0.1, -0.05) is 30.3 Å². The standard InChI is InChI=1S/C16H16FNO3/c17-14-4-2-1-3-12(14)10-21-16(20)15(18)9-11-5-7-13(19)8-6-11/h1-8,15,19H,9-10,18H2/t15-/m1/s1. The van der Waals surface area contributed by atoms with Crippen LogP contribution in [-0.2, 0) is 22.6 Å². The first-order valence-electron chi connectivity index (χ1n) is 6.50. The fourth-order valence-electron chi connectivity index (χ4n) is 1.84. The predicted molar refractivity (Wildman–Crippen MR) is 76.0 cm³/mol. The van der Waals surface area contributed by atoms with E-state index in [1.807, 2.05) is 0 Å². The topological polar surface area (TPSA) is 72.5 Å². The molecule has 1 atom stereocenters. The fraction of sp³-hybridized carbons (Fsp3) is 0.188. The number of carbonyl (C=O) groups is 1. The molecular weight excluding hydrogens is 273 g/mol. The number of aromatic hydroxyl groups is 1. The summed E-state index contributed by atoms with van der Waals surface area (Å²) in [6.45, 7) is -0.144. The number of carbonyl (C=O) groups excluding carboxylic acids is 1. The van der Waals surface area contributed by atoms with E-state index in [1.165, 1.54) is 18.2 Å². The molecule has 2 aromatic carbocycles. The van der Waals surface area contributed by atoms with Crippen molar-refractivity contribution in [1.82, 2.24) is 0 Å². The third-order valence-corrected chi connectivity index (χ3v) is 3.02. The van der Waals surface area contributed by atoms with Crippen LogP contribution in [0.2, 0.25) is 0 Å². The van der Waals surface area contributed by atoms with Crippen LogP contribution >= 0.6 is 0 Å². The van der Waals surface area contributed by atoms with Crippen molar-refractivity contribution in [2.45, 2.75) is 19.1 Å². The van der Waals surface area contributed by atoms with Gasteiger partial charge in [-0.15, -0.1) is 0 Å². The molecule has 0 saturated carbocycles. The van der Waals surface area contributed by atoms with E-state index in [4.69, 9.17) is 10.5 Å². The van der Waals surface area contributed by atoms with Crippen LogP contribution in [0.3, 0.4) is 0 Å². The number of phenolic OH excluding ortho intramolecular Hbond substituents is 1. The van der Waals surface area contributed by atoms with Crippen molar-refractivity contribution in [3.63, 3.8) is 0 Å². The van der Waals surface area contributed by atoms with Gasteiger partial charge in [0.25, 0.3) is 0 Å². The summed E-state index contributed by atoms with van der Waals surface area (Å²) in [5, 5.41) is 9.18. The van der Waals surface area contributed by atoms with Crippen LogP contribution in [0.5, 0.6) is 5.75 Å². The molecule has 3 N–H and O–H groups in total. The number of benzene rings is 2. The lowest BCUT2D eigenvalue weighted by Crippen LogP contribution is -2.34. The summed E-state index contributed by atoms with van der Waals surface area (Å²) in [6.07, 6.45) is 0.288. The average Bonchev–Trinajstić information content (AvgIpc) is 2.48. The minimum atomic E-state index is -0.832. The number of halogens is 1. The molecule has 2 rings (SSSR count). The number of ether oxygens (including phenoxy) is 1. The summed E-state index contributed by atoms with van der Waals surface area (Å²) in [5.41, 5.74) is 6.88. The lowest BCUT2D eigenvalue weighted by Gasteiger charge is -2.12. The third-order valence-electron chi connectivity index (χ3n) is 3.02. The molecule has 0 radical (unpaired) electrons. The summed E-state index contributed by atoms with van der Waals surface area (Å²) in [5.74, 6) is -0.863. The monoisotopic (exact) mass is 289 g/mol. The molecule has 0 saturated heterocycles. The van der Waals surface area contributed by atoms with Crippen molar-refractivity contribution in [3.05, 3.63) is 65.5 Å². The molecule has 0 heterocycles. The maximum atomic E-state index is 13.4. The van der Waals surface area contributed by atoms with Crippen molar-refractivity contribution < 1.29 is 19.0 Å². The molecule has 0 fully saturated rings. The molecule has 0 unspecified atom stereocenters. The minimum Gasteiger partial charge on any atom is -0.508 e. The first kappa shape index (κ1) is 15.0. The highest BCUT2D eigenvalue weighted by Gasteiger charge is 2.16. The number of esters is 1. The van der Waals surface area contributed by atoms with Crippen molar-refractivity contribution in [3.8, 4) is 5.75 Å². The van der Waals surface area contributed by atoms with E-state index in [1.54, 1.807) is 30.3 Å². The van der Waals surface area contributed by atoms with Crippen LogP contribution in [0.1, 0.15) is 11.1 Å². The van der Waals surface area contributed by atoms with Crippen LogP contribution in [0.25, 0.3) is 0 Å². The largest absolute Gasteiger partial charge is 0.508 e. The highest BCUT2D eigenvalue weighted by atomic mass is 19.1. The Balaban J connectivity index is 1.88. The molecule has 21 heavy (non-hydrogen) atoms. The Hall–Kier alpha value is -2.40. The van der Waals surface area contributed by atoms with Crippen molar-refractivity contribution >= 4 is 5.97 Å². The van der Waals surface area contributed by atoms with E-state index in [0.29, 0.717) is 5.56 Å². The van der Waals surface area contributed by atoms with Crippen LogP contribution in [0.15, 0.2) is 48.5 Å². The molecule has 0 aliphatic carbocycles. The normalized spacial score (nSPS) is 11.9. The molecule has 0 bridgehead atoms. The van der Waals surface area contributed by atoms with E-state index in [2.05, 4.69) is 0 Å². The Morgan fingerprint density at radius 1 is 1.19 bits per heavy atom. The number of hydrogen-bond acceptors (Lipinski definition) is 4. The van der Waals surface area contributed by atoms with Gasteiger partial charge in [-0.2, -0.15) is 0 Å². The smallest absolute Gasteiger partial charge is 0.323 e. The van der Waals surface area contributed by atoms with E-state index >= 15 is 0 Å². The lowest BCUT2D eigenvalue weighted by molar-refractivity contribution is -0.146. The molecule has 0 amide bonds. The molecular formula is C16H16FNO3. The SMILES string of the molecule is N[C@H](Cc1ccc(O)cc1)C(=O)OCc1ccccc1F. The van der Waals surface area contributed by atoms with Crippen LogP contribution in [0.4, 0.5) is 4.39 Å². The van der Waals surface area contributed by atoms with Crippen LogP contribution in [-0.4, -0.2) is 17.1 Å². The summed E-state index contributed by atoms with van der Waals surface area (Å²) in [7, 11) is 0. The summed E-state index contributed by atoms with van der Waals surface area (Å²) in [6, 6.07) is 11.7. The zero-order valence-electron chi connectivity index (χ0n) is 11.3. The second-order valence-corrected chi connectivity index (χ2v) is 4.68. The lowest BCUT2D eigenvalue weighted by atomic mass is 10.1. The van der Waals surface area contributed by atoms with Crippen molar-refractivity contribution in [2.24, 2.45) is 5.73 Å². The maximum absolute atomic E-state index is 13.4. The van der Waals surface area contributed by atoms with Gasteiger partial charge in [-0.05, 0) is 30.2 Å². The second-order valence-electron chi connectivity index (χ2n) is 4.68. The zero-order chi connectivity index (χ0) is 15.2. The fourth-order valence-corrected chi connectivity index (χ4v) is 1.84. The van der Waals surface area contributed by atoms with Gasteiger partial charge in [-0.3, -0.25) is 4.79 Å². The molecule has 110 valence electrons. The molecule has 4 nitrogen and oxygen atoms in total. The minimum absolute atomic E-state index is 0.144. The Morgan fingerprint density at radius 2 is 1.86 bits per heavy atom. The van der Waals surface area contributed by atoms with E-state index in [-0.39, 0.29) is 18.8 Å². The van der Waals surface area contributed by atoms with Crippen molar-refractivity contribution in [1.29, 1.82) is 0 Å². The molecule has 0 aliphatic rings. The average molecular weight is 289 g/mol. The Labute approximate surface area is 122 Å². The summed E-state index contributed by atoms with van der Waals surface area (Å²) >= 11 is 0. The Morgan fingerprint density at radius 3 is 2.52 bits per heavy atom. The molecule has 2 aromatic rings. The number of rotatable bonds is 5. The van der Waals surface area contributed by atoms with Gasteiger partial charge in [-0.25, -0.2) is 4.39 Å². The highest BCUT2D eigenvalue weighted by molar-refractivity contribution is 5.75. The van der Waals surface area contributed by atoms with E-state index in [0.717, 1.165) is 5.56 Å². The van der Waals surface area contributed by atoms with Gasteiger partial charge in [0.2, 0.25) is 0 Å². The first-order chi connectivity index (χ1) is 10.1. The molecule has 0 spiro atoms. The van der Waals surface area contributed by atoms with Crippen molar-refractivity contribution in [2.75, 3.05) is 0 Å². The highest BCUT2D eigenvalue weighted by Crippen LogP contribution is 2.12. The van der Waals surface area contributed by atoms with E-state index < -0.39 is 17.8 Å². The van der Waals surface area contributed by atoms with Crippen LogP contribution < -0.4 is 5.73 Å². The first-order valence-corrected chi connectivity index (χ1v) is 6.50. The van der Waals surface area contributed by atoms with Gasteiger partial charge in [0.05, 0.1) is 0 Å². The second kappa shape index (κ2) is 6.85. The molecule has 0 aromatic heterocycles. The molecule has 0 aliphatic heterocycles. The van der Waals surface area contributed by atoms with Gasteiger partial charge in [0, 0.05) is 5.56 Å². The van der Waals surface area contributed by atoms with Gasteiger partial charge < -0.3 is 15.6 Å². The zero-order valence-corrected chi connectivity index (χ0v) is 11.3. The van der Waals surface area contributed by atoms with Crippen LogP contribution in [0, 0.1) is 5.82 Å². The number of nitrogens with two attached hydrogens (primary N) is 1. The Kier molecular flexibility index (Phi) is 4.90. The van der Waals surface area contributed by atoms with E-state index in [9.17, 15) is 14.3 Å². The van der Waals surface area contributed by atoms with Gasteiger partial charge in [0.15, 0.2) is 0 Å². The number of hydrogen-bond donors (Lipinski definition) is 2. The predicted octanol–water partition coefficient (Wildman–Crippen LogP) is 2.14. The van der Waals surface area contributed by atoms with Gasteiger partial charge >= 0.3 is 5.97 Å².